The quantitative estimate of drug-likeness (QED) is 0.691. The lowest BCUT2D eigenvalue weighted by Crippen LogP contribution is -2.32. The van der Waals surface area contributed by atoms with Crippen LogP contribution in [0.5, 0.6) is 0 Å². The molecule has 1 aromatic heterocycles. The number of rotatable bonds is 4. The number of benzene rings is 1. The molecule has 3 rings (SSSR count). The molecular formula is C14H16ClN5O2. The number of halogens is 1. The molecule has 0 spiro atoms. The number of aryl methyl sites for hydroxylation is 2. The van der Waals surface area contributed by atoms with Crippen LogP contribution in [0.1, 0.15) is 25.0 Å². The van der Waals surface area contributed by atoms with Gasteiger partial charge in [-0.15, -0.1) is 0 Å². The van der Waals surface area contributed by atoms with Crippen molar-refractivity contribution in [1.82, 2.24) is 14.8 Å². The van der Waals surface area contributed by atoms with Gasteiger partial charge in [0.2, 0.25) is 0 Å². The fourth-order valence-electron chi connectivity index (χ4n) is 2.63. The molecule has 1 aliphatic rings. The van der Waals surface area contributed by atoms with E-state index in [2.05, 4.69) is 15.4 Å². The molecule has 0 saturated carbocycles. The van der Waals surface area contributed by atoms with Crippen molar-refractivity contribution in [3.05, 3.63) is 45.0 Å². The van der Waals surface area contributed by atoms with Crippen molar-refractivity contribution in [3.8, 4) is 0 Å². The van der Waals surface area contributed by atoms with Crippen LogP contribution in [-0.4, -0.2) is 25.7 Å². The average Bonchev–Trinajstić information content (AvgIpc) is 2.91. The summed E-state index contributed by atoms with van der Waals surface area (Å²) < 4.78 is 1.89. The number of nitro groups is 1. The number of hydrogen-bond donors (Lipinski definition) is 1. The first-order chi connectivity index (χ1) is 10.6. The molecule has 7 nitrogen and oxygen atoms in total. The lowest BCUT2D eigenvalue weighted by Gasteiger charge is -2.24. The van der Waals surface area contributed by atoms with E-state index in [0.29, 0.717) is 17.3 Å². The number of nitrogens with one attached hydrogen (secondary N) is 1. The summed E-state index contributed by atoms with van der Waals surface area (Å²) in [6.07, 6.45) is 2.48. The van der Waals surface area contributed by atoms with Crippen molar-refractivity contribution in [2.75, 3.05) is 5.32 Å². The molecule has 22 heavy (non-hydrogen) atoms. The molecule has 8 heteroatoms. The fourth-order valence-corrected chi connectivity index (χ4v) is 2.79. The zero-order chi connectivity index (χ0) is 15.7. The van der Waals surface area contributed by atoms with E-state index in [0.717, 1.165) is 30.9 Å². The Bertz CT molecular complexity index is 715. The van der Waals surface area contributed by atoms with E-state index in [1.807, 2.05) is 11.6 Å². The zero-order valence-corrected chi connectivity index (χ0v) is 12.9. The molecule has 0 fully saturated rings. The molecular weight excluding hydrogens is 306 g/mol. The van der Waals surface area contributed by atoms with Crippen LogP contribution in [0.4, 0.5) is 11.4 Å². The molecule has 0 amide bonds. The number of fused-ring (bicyclic) bond motifs is 1. The molecule has 2 aromatic rings. The largest absolute Gasteiger partial charge is 0.375 e. The van der Waals surface area contributed by atoms with Gasteiger partial charge in [0.05, 0.1) is 11.5 Å². The van der Waals surface area contributed by atoms with Gasteiger partial charge in [-0.3, -0.25) is 10.1 Å². The van der Waals surface area contributed by atoms with E-state index < -0.39 is 4.92 Å². The van der Waals surface area contributed by atoms with Crippen molar-refractivity contribution in [1.29, 1.82) is 0 Å². The molecule has 1 N–H and O–H groups in total. The monoisotopic (exact) mass is 321 g/mol. The second-order valence-electron chi connectivity index (χ2n) is 5.28. The summed E-state index contributed by atoms with van der Waals surface area (Å²) in [7, 11) is 0. The van der Waals surface area contributed by atoms with Crippen molar-refractivity contribution in [2.24, 2.45) is 0 Å². The predicted molar refractivity (Wildman–Crippen MR) is 83.2 cm³/mol. The van der Waals surface area contributed by atoms with Crippen LogP contribution < -0.4 is 5.32 Å². The van der Waals surface area contributed by atoms with Crippen molar-refractivity contribution >= 4 is 23.0 Å². The molecule has 0 aliphatic carbocycles. The summed E-state index contributed by atoms with van der Waals surface area (Å²) in [4.78, 5) is 15.2. The van der Waals surface area contributed by atoms with Crippen molar-refractivity contribution < 1.29 is 4.92 Å². The highest BCUT2D eigenvalue weighted by atomic mass is 35.5. The summed E-state index contributed by atoms with van der Waals surface area (Å²) in [5.74, 6) is 1.83. The Morgan fingerprint density at radius 3 is 3.09 bits per heavy atom. The normalized spacial score (nSPS) is 17.1. The van der Waals surface area contributed by atoms with E-state index in [9.17, 15) is 10.1 Å². The van der Waals surface area contributed by atoms with Gasteiger partial charge in [-0.2, -0.15) is 5.10 Å². The van der Waals surface area contributed by atoms with Gasteiger partial charge in [-0.25, -0.2) is 9.67 Å². The maximum absolute atomic E-state index is 11.1. The second kappa shape index (κ2) is 5.92. The van der Waals surface area contributed by atoms with Gasteiger partial charge < -0.3 is 5.32 Å². The molecule has 116 valence electrons. The minimum atomic E-state index is -0.423. The first-order valence-corrected chi connectivity index (χ1v) is 7.57. The Kier molecular flexibility index (Phi) is 3.98. The number of anilines is 1. The Morgan fingerprint density at radius 2 is 2.36 bits per heavy atom. The topological polar surface area (TPSA) is 85.9 Å². The van der Waals surface area contributed by atoms with Crippen molar-refractivity contribution in [2.45, 2.75) is 38.8 Å². The van der Waals surface area contributed by atoms with Gasteiger partial charge in [0, 0.05) is 30.0 Å². The molecule has 1 aliphatic heterocycles. The van der Waals surface area contributed by atoms with Crippen LogP contribution in [-0.2, 0) is 19.4 Å². The van der Waals surface area contributed by atoms with Crippen LogP contribution in [0.15, 0.2) is 18.2 Å². The zero-order valence-electron chi connectivity index (χ0n) is 12.1. The highest BCUT2D eigenvalue weighted by molar-refractivity contribution is 6.30. The third-order valence-electron chi connectivity index (χ3n) is 3.73. The van der Waals surface area contributed by atoms with Gasteiger partial charge in [0.15, 0.2) is 5.82 Å². The first kappa shape index (κ1) is 14.8. The maximum Gasteiger partial charge on any atom is 0.293 e. The first-order valence-electron chi connectivity index (χ1n) is 7.20. The highest BCUT2D eigenvalue weighted by Gasteiger charge is 2.23. The van der Waals surface area contributed by atoms with Gasteiger partial charge in [0.1, 0.15) is 11.5 Å². The summed E-state index contributed by atoms with van der Waals surface area (Å²) in [6, 6.07) is 4.74. The molecule has 1 atom stereocenters. The van der Waals surface area contributed by atoms with E-state index in [1.165, 1.54) is 6.07 Å². The molecule has 1 aromatic carbocycles. The predicted octanol–water partition coefficient (Wildman–Crippen LogP) is 2.83. The Balaban J connectivity index is 1.79. The summed E-state index contributed by atoms with van der Waals surface area (Å²) in [6.45, 7) is 2.68. The van der Waals surface area contributed by atoms with E-state index >= 15 is 0 Å². The molecule has 1 unspecified atom stereocenters. The van der Waals surface area contributed by atoms with Gasteiger partial charge in [-0.05, 0) is 18.6 Å². The Morgan fingerprint density at radius 1 is 1.55 bits per heavy atom. The second-order valence-corrected chi connectivity index (χ2v) is 5.71. The molecule has 0 radical (unpaired) electrons. The summed E-state index contributed by atoms with van der Waals surface area (Å²) in [5, 5.41) is 19.2. The van der Waals surface area contributed by atoms with Crippen molar-refractivity contribution in [3.63, 3.8) is 0 Å². The smallest absolute Gasteiger partial charge is 0.293 e. The van der Waals surface area contributed by atoms with Gasteiger partial charge in [-0.1, -0.05) is 18.5 Å². The minimum absolute atomic E-state index is 0.00821. The van der Waals surface area contributed by atoms with E-state index in [4.69, 9.17) is 11.6 Å². The lowest BCUT2D eigenvalue weighted by molar-refractivity contribution is -0.384. The van der Waals surface area contributed by atoms with Gasteiger partial charge in [0.25, 0.3) is 5.69 Å². The summed E-state index contributed by atoms with van der Waals surface area (Å²) in [5.41, 5.74) is 0.477. The Hall–Kier alpha value is -2.15. The number of nitrogens with zero attached hydrogens (tertiary/aromatic N) is 4. The van der Waals surface area contributed by atoms with Crippen LogP contribution in [0.3, 0.4) is 0 Å². The fraction of sp³-hybridized carbons (Fsp3) is 0.429. The average molecular weight is 322 g/mol. The molecule has 2 heterocycles. The molecule has 0 bridgehead atoms. The summed E-state index contributed by atoms with van der Waals surface area (Å²) >= 11 is 5.83. The number of hydrogen-bond acceptors (Lipinski definition) is 5. The minimum Gasteiger partial charge on any atom is -0.375 e. The maximum atomic E-state index is 11.1. The highest BCUT2D eigenvalue weighted by Crippen LogP contribution is 2.29. The van der Waals surface area contributed by atoms with Crippen LogP contribution >= 0.6 is 11.6 Å². The standard InChI is InChI=1S/C14H16ClN5O2/c1-2-13-17-14-6-4-10(8-19(14)18-13)16-11-5-3-9(15)7-12(11)20(21)22/h3,5,7,10,16H,2,4,6,8H2,1H3. The molecule has 0 saturated heterocycles. The third kappa shape index (κ3) is 2.89. The number of aromatic nitrogens is 3. The third-order valence-corrected chi connectivity index (χ3v) is 3.97. The SMILES string of the molecule is CCc1nc2n(n1)CC(Nc1ccc(Cl)cc1[N+](=O)[O-])CC2. The van der Waals surface area contributed by atoms with Crippen LogP contribution in [0.2, 0.25) is 5.02 Å². The van der Waals surface area contributed by atoms with Gasteiger partial charge >= 0.3 is 0 Å². The van der Waals surface area contributed by atoms with Crippen LogP contribution in [0, 0.1) is 10.1 Å². The Labute approximate surface area is 132 Å². The number of nitro benzene ring substituents is 1. The van der Waals surface area contributed by atoms with Crippen LogP contribution in [0.25, 0.3) is 0 Å². The lowest BCUT2D eigenvalue weighted by atomic mass is 10.1. The van der Waals surface area contributed by atoms with E-state index in [-0.39, 0.29) is 11.7 Å². The van der Waals surface area contributed by atoms with E-state index in [1.54, 1.807) is 12.1 Å².